The lowest BCUT2D eigenvalue weighted by molar-refractivity contribution is -0.155. The Labute approximate surface area is 128 Å². The maximum absolute atomic E-state index is 11.4. The number of hydrogen-bond acceptors (Lipinski definition) is 4. The predicted molar refractivity (Wildman–Crippen MR) is 82.8 cm³/mol. The molecule has 0 spiro atoms. The zero-order chi connectivity index (χ0) is 16.7. The zero-order valence-corrected chi connectivity index (χ0v) is 14.3. The first kappa shape index (κ1) is 19.7. The molecule has 0 heterocycles. The average Bonchev–Trinajstić information content (AvgIpc) is 2.63. The van der Waals surface area contributed by atoms with Crippen LogP contribution >= 0.6 is 0 Å². The number of carbonyl (C=O) groups is 2. The van der Waals surface area contributed by atoms with Crippen LogP contribution in [0, 0.1) is 5.92 Å². The van der Waals surface area contributed by atoms with E-state index in [2.05, 4.69) is 4.74 Å². The van der Waals surface area contributed by atoms with Crippen molar-refractivity contribution in [2.45, 2.75) is 84.8 Å². The van der Waals surface area contributed by atoms with E-state index < -0.39 is 11.7 Å². The highest BCUT2D eigenvalue weighted by Gasteiger charge is 2.22. The normalized spacial score (nSPS) is 15.9. The second-order valence-electron chi connectivity index (χ2n) is 7.47. The minimum atomic E-state index is -0.725. The Morgan fingerprint density at radius 3 is 1.67 bits per heavy atom. The van der Waals surface area contributed by atoms with Gasteiger partial charge in [0, 0.05) is 6.42 Å². The fraction of sp³-hybridized carbons (Fsp3) is 0.875. The highest BCUT2D eigenvalue weighted by molar-refractivity contribution is 5.70. The lowest BCUT2D eigenvalue weighted by atomic mass is 10.0. The summed E-state index contributed by atoms with van der Waals surface area (Å²) < 4.78 is 9.84. The van der Waals surface area contributed by atoms with Crippen molar-refractivity contribution < 1.29 is 19.1 Å². The van der Waals surface area contributed by atoms with Gasteiger partial charge in [-0.15, -0.1) is 0 Å². The highest BCUT2D eigenvalue weighted by Crippen LogP contribution is 2.28. The first-order valence-electron chi connectivity index (χ1n) is 7.59. The maximum atomic E-state index is 11.4. The molecule has 1 aliphatic rings. The van der Waals surface area contributed by atoms with Gasteiger partial charge in [0.05, 0.1) is 0 Å². The lowest BCUT2D eigenvalue weighted by Gasteiger charge is -2.20. The maximum Gasteiger partial charge on any atom is 0.405 e. The number of esters is 1. The van der Waals surface area contributed by atoms with Gasteiger partial charge in [0.25, 0.3) is 0 Å². The molecule has 21 heavy (non-hydrogen) atoms. The Morgan fingerprint density at radius 1 is 0.952 bits per heavy atom. The van der Waals surface area contributed by atoms with Crippen LogP contribution in [-0.4, -0.2) is 23.3 Å². The second-order valence-corrected chi connectivity index (χ2v) is 7.47. The van der Waals surface area contributed by atoms with Crippen LogP contribution in [-0.2, 0) is 14.3 Å². The fourth-order valence-corrected chi connectivity index (χ4v) is 2.14. The standard InChI is InChI=1S/C11H20O2.C5H11NO2/c1-11(2,3)13-10(12)8-9-6-4-5-7-9;1-5(2,3)8-4(6)7/h9H,4-8H2,1-3H3;1-3H3,(H2,6,7). The van der Waals surface area contributed by atoms with Crippen LogP contribution in [0.2, 0.25) is 0 Å². The lowest BCUT2D eigenvalue weighted by Crippen LogP contribution is -2.27. The van der Waals surface area contributed by atoms with Crippen LogP contribution in [0.5, 0.6) is 0 Å². The molecule has 0 aromatic heterocycles. The summed E-state index contributed by atoms with van der Waals surface area (Å²) in [6.07, 6.45) is 4.88. The van der Waals surface area contributed by atoms with Gasteiger partial charge < -0.3 is 15.2 Å². The summed E-state index contributed by atoms with van der Waals surface area (Å²) in [5.41, 5.74) is 3.94. The van der Waals surface area contributed by atoms with Gasteiger partial charge in [-0.1, -0.05) is 12.8 Å². The summed E-state index contributed by atoms with van der Waals surface area (Å²) in [7, 11) is 0. The van der Waals surface area contributed by atoms with E-state index in [1.165, 1.54) is 25.7 Å². The van der Waals surface area contributed by atoms with Crippen LogP contribution in [0.1, 0.15) is 73.6 Å². The molecule has 0 atom stereocenters. The first-order chi connectivity index (χ1) is 9.39. The molecule has 0 unspecified atom stereocenters. The minimum absolute atomic E-state index is 0.0283. The van der Waals surface area contributed by atoms with Gasteiger partial charge in [0.2, 0.25) is 0 Å². The quantitative estimate of drug-likeness (QED) is 0.787. The second kappa shape index (κ2) is 8.25. The van der Waals surface area contributed by atoms with E-state index >= 15 is 0 Å². The number of amides is 1. The molecule has 1 amide bonds. The van der Waals surface area contributed by atoms with E-state index in [-0.39, 0.29) is 11.6 Å². The summed E-state index contributed by atoms with van der Waals surface area (Å²) in [6, 6.07) is 0. The monoisotopic (exact) mass is 301 g/mol. The molecule has 0 aliphatic heterocycles. The predicted octanol–water partition coefficient (Wildman–Crippen LogP) is 3.79. The minimum Gasteiger partial charge on any atom is -0.460 e. The van der Waals surface area contributed by atoms with Gasteiger partial charge in [-0.2, -0.15) is 0 Å². The van der Waals surface area contributed by atoms with Crippen molar-refractivity contribution in [1.82, 2.24) is 0 Å². The summed E-state index contributed by atoms with van der Waals surface area (Å²) in [5, 5.41) is 0. The molecule has 0 bridgehead atoms. The molecule has 1 rings (SSSR count). The van der Waals surface area contributed by atoms with Crippen molar-refractivity contribution in [2.75, 3.05) is 0 Å². The van der Waals surface area contributed by atoms with Crippen molar-refractivity contribution in [1.29, 1.82) is 0 Å². The van der Waals surface area contributed by atoms with E-state index in [9.17, 15) is 9.59 Å². The summed E-state index contributed by atoms with van der Waals surface area (Å²) in [6.45, 7) is 11.0. The molecule has 1 saturated carbocycles. The number of primary amides is 1. The van der Waals surface area contributed by atoms with E-state index in [1.807, 2.05) is 20.8 Å². The Balaban J connectivity index is 0.000000433. The topological polar surface area (TPSA) is 78.6 Å². The number of carbonyl (C=O) groups excluding carboxylic acids is 2. The fourth-order valence-electron chi connectivity index (χ4n) is 2.14. The van der Waals surface area contributed by atoms with Gasteiger partial charge in [0.15, 0.2) is 0 Å². The van der Waals surface area contributed by atoms with Crippen molar-refractivity contribution in [3.8, 4) is 0 Å². The van der Waals surface area contributed by atoms with E-state index in [0.29, 0.717) is 12.3 Å². The van der Waals surface area contributed by atoms with E-state index in [0.717, 1.165) is 0 Å². The van der Waals surface area contributed by atoms with Crippen LogP contribution in [0.3, 0.4) is 0 Å². The average molecular weight is 301 g/mol. The zero-order valence-electron chi connectivity index (χ0n) is 14.3. The smallest absolute Gasteiger partial charge is 0.405 e. The third-order valence-electron chi connectivity index (χ3n) is 2.76. The Bertz CT molecular complexity index is 333. The molecular formula is C16H31NO4. The molecule has 0 aromatic rings. The first-order valence-corrected chi connectivity index (χ1v) is 7.59. The third kappa shape index (κ3) is 13.5. The molecule has 0 saturated heterocycles. The molecule has 0 radical (unpaired) electrons. The van der Waals surface area contributed by atoms with Gasteiger partial charge >= 0.3 is 12.1 Å². The van der Waals surface area contributed by atoms with Crippen molar-refractivity contribution in [3.63, 3.8) is 0 Å². The van der Waals surface area contributed by atoms with E-state index in [4.69, 9.17) is 10.5 Å². The van der Waals surface area contributed by atoms with Gasteiger partial charge in [0.1, 0.15) is 11.2 Å². The van der Waals surface area contributed by atoms with E-state index in [1.54, 1.807) is 20.8 Å². The van der Waals surface area contributed by atoms with Crippen LogP contribution in [0.4, 0.5) is 4.79 Å². The molecule has 0 aromatic carbocycles. The summed E-state index contributed by atoms with van der Waals surface area (Å²) in [5.74, 6) is 0.564. The largest absolute Gasteiger partial charge is 0.460 e. The molecule has 1 aliphatic carbocycles. The van der Waals surface area contributed by atoms with Gasteiger partial charge in [-0.3, -0.25) is 4.79 Å². The molecular weight excluding hydrogens is 270 g/mol. The van der Waals surface area contributed by atoms with Crippen LogP contribution in [0.15, 0.2) is 0 Å². The Kier molecular flexibility index (Phi) is 7.75. The molecule has 5 nitrogen and oxygen atoms in total. The van der Waals surface area contributed by atoms with Crippen LogP contribution < -0.4 is 5.73 Å². The number of ether oxygens (including phenoxy) is 2. The van der Waals surface area contributed by atoms with Crippen molar-refractivity contribution in [2.24, 2.45) is 11.7 Å². The van der Waals surface area contributed by atoms with Crippen molar-refractivity contribution >= 4 is 12.1 Å². The highest BCUT2D eigenvalue weighted by atomic mass is 16.6. The van der Waals surface area contributed by atoms with Crippen molar-refractivity contribution in [3.05, 3.63) is 0 Å². The van der Waals surface area contributed by atoms with Gasteiger partial charge in [-0.25, -0.2) is 4.79 Å². The summed E-state index contributed by atoms with van der Waals surface area (Å²) in [4.78, 5) is 21.4. The molecule has 2 N–H and O–H groups in total. The van der Waals surface area contributed by atoms with Gasteiger partial charge in [-0.05, 0) is 60.3 Å². The summed E-state index contributed by atoms with van der Waals surface area (Å²) >= 11 is 0. The third-order valence-corrected chi connectivity index (χ3v) is 2.76. The number of rotatable bonds is 2. The number of nitrogens with two attached hydrogens (primary N) is 1. The Morgan fingerprint density at radius 2 is 1.38 bits per heavy atom. The number of hydrogen-bond donors (Lipinski definition) is 1. The SMILES string of the molecule is CC(C)(C)OC(=O)CC1CCCC1.CC(C)(C)OC(N)=O. The molecule has 5 heteroatoms. The Hall–Kier alpha value is -1.26. The molecule has 124 valence electrons. The molecule has 1 fully saturated rings. The van der Waals surface area contributed by atoms with Crippen LogP contribution in [0.25, 0.3) is 0 Å².